The fourth-order valence-electron chi connectivity index (χ4n) is 3.15. The lowest BCUT2D eigenvalue weighted by Gasteiger charge is -2.11. The van der Waals surface area contributed by atoms with Crippen LogP contribution in [0.25, 0.3) is 17.1 Å². The first-order chi connectivity index (χ1) is 15.3. The lowest BCUT2D eigenvalue weighted by molar-refractivity contribution is 0.521. The largest absolute Gasteiger partial charge is 0.449 e. The Balaban J connectivity index is 1.36. The quantitative estimate of drug-likeness (QED) is 0.390. The summed E-state index contributed by atoms with van der Waals surface area (Å²) in [6.45, 7) is 5.98. The molecule has 11 heteroatoms. The van der Waals surface area contributed by atoms with E-state index in [0.717, 1.165) is 11.4 Å². The Hall–Kier alpha value is -3.57. The predicted molar refractivity (Wildman–Crippen MR) is 119 cm³/mol. The maximum Gasteiger partial charge on any atom is 0.240 e. The Morgan fingerprint density at radius 1 is 1.03 bits per heavy atom. The van der Waals surface area contributed by atoms with Crippen LogP contribution in [0.3, 0.4) is 0 Å². The zero-order chi connectivity index (χ0) is 22.7. The van der Waals surface area contributed by atoms with Crippen molar-refractivity contribution in [1.29, 1.82) is 0 Å². The van der Waals surface area contributed by atoms with Gasteiger partial charge in [-0.05, 0) is 26.0 Å². The van der Waals surface area contributed by atoms with Gasteiger partial charge in [0.2, 0.25) is 10.0 Å². The molecule has 0 unspecified atom stereocenters. The second kappa shape index (κ2) is 8.89. The van der Waals surface area contributed by atoms with Crippen molar-refractivity contribution in [3.63, 3.8) is 0 Å². The third-order valence-corrected chi connectivity index (χ3v) is 6.18. The lowest BCUT2D eigenvalue weighted by Crippen LogP contribution is -2.29. The van der Waals surface area contributed by atoms with E-state index in [1.807, 2.05) is 17.7 Å². The van der Waals surface area contributed by atoms with Crippen LogP contribution in [0.4, 0.5) is 5.82 Å². The highest BCUT2D eigenvalue weighted by atomic mass is 32.2. The van der Waals surface area contributed by atoms with Crippen molar-refractivity contribution in [1.82, 2.24) is 29.2 Å². The minimum Gasteiger partial charge on any atom is -0.449 e. The molecule has 0 saturated carbocycles. The van der Waals surface area contributed by atoms with Gasteiger partial charge in [-0.25, -0.2) is 33.1 Å². The summed E-state index contributed by atoms with van der Waals surface area (Å²) >= 11 is 0. The number of aromatic nitrogens is 5. The molecule has 10 nitrogen and oxygen atoms in total. The van der Waals surface area contributed by atoms with Gasteiger partial charge in [0.1, 0.15) is 35.2 Å². The highest BCUT2D eigenvalue weighted by molar-refractivity contribution is 7.89. The Labute approximate surface area is 185 Å². The van der Waals surface area contributed by atoms with Crippen LogP contribution >= 0.6 is 0 Å². The van der Waals surface area contributed by atoms with Gasteiger partial charge in [-0.3, -0.25) is 4.57 Å². The monoisotopic (exact) mass is 453 g/mol. The zero-order valence-electron chi connectivity index (χ0n) is 17.9. The van der Waals surface area contributed by atoms with Crippen LogP contribution in [-0.2, 0) is 10.0 Å². The Bertz CT molecular complexity index is 1330. The van der Waals surface area contributed by atoms with E-state index in [0.29, 0.717) is 35.6 Å². The number of aryl methyl sites for hydroxylation is 3. The normalized spacial score (nSPS) is 11.6. The Morgan fingerprint density at radius 3 is 2.47 bits per heavy atom. The van der Waals surface area contributed by atoms with Gasteiger partial charge < -0.3 is 9.73 Å². The molecule has 0 amide bonds. The van der Waals surface area contributed by atoms with Gasteiger partial charge in [-0.15, -0.1) is 0 Å². The highest BCUT2D eigenvalue weighted by Gasteiger charge is 2.14. The minimum absolute atomic E-state index is 0.178. The summed E-state index contributed by atoms with van der Waals surface area (Å²) < 4.78 is 34.8. The van der Waals surface area contributed by atoms with Gasteiger partial charge in [0.15, 0.2) is 5.89 Å². The van der Waals surface area contributed by atoms with Gasteiger partial charge in [-0.1, -0.05) is 12.1 Å². The van der Waals surface area contributed by atoms with Crippen LogP contribution in [0.5, 0.6) is 0 Å². The summed E-state index contributed by atoms with van der Waals surface area (Å²) in [5.41, 5.74) is 1.44. The van der Waals surface area contributed by atoms with E-state index >= 15 is 0 Å². The summed E-state index contributed by atoms with van der Waals surface area (Å²) in [7, 11) is -3.64. The molecule has 32 heavy (non-hydrogen) atoms. The zero-order valence-corrected chi connectivity index (χ0v) is 18.7. The fourth-order valence-corrected chi connectivity index (χ4v) is 4.18. The topological polar surface area (TPSA) is 128 Å². The molecule has 1 aromatic carbocycles. The average molecular weight is 454 g/mol. The third-order valence-electron chi connectivity index (χ3n) is 4.70. The second-order valence-electron chi connectivity index (χ2n) is 7.10. The van der Waals surface area contributed by atoms with E-state index in [9.17, 15) is 8.42 Å². The van der Waals surface area contributed by atoms with Gasteiger partial charge in [0, 0.05) is 44.0 Å². The molecule has 0 aliphatic heterocycles. The fraction of sp³-hybridized carbons (Fsp3) is 0.238. The van der Waals surface area contributed by atoms with Crippen molar-refractivity contribution in [3.05, 3.63) is 66.5 Å². The number of nitrogens with one attached hydrogen (secondary N) is 2. The molecule has 0 fully saturated rings. The molecule has 0 saturated heterocycles. The van der Waals surface area contributed by atoms with Crippen LogP contribution in [0.1, 0.15) is 17.5 Å². The molecule has 4 rings (SSSR count). The average Bonchev–Trinajstić information content (AvgIpc) is 3.39. The highest BCUT2D eigenvalue weighted by Crippen LogP contribution is 2.20. The maximum atomic E-state index is 12.6. The number of anilines is 1. The number of hydrogen-bond acceptors (Lipinski definition) is 8. The lowest BCUT2D eigenvalue weighted by atomic mass is 10.2. The summed E-state index contributed by atoms with van der Waals surface area (Å²) in [6.07, 6.45) is 5.06. The second-order valence-corrected chi connectivity index (χ2v) is 8.87. The van der Waals surface area contributed by atoms with Crippen molar-refractivity contribution < 1.29 is 12.8 Å². The number of hydrogen-bond donors (Lipinski definition) is 2. The van der Waals surface area contributed by atoms with E-state index in [-0.39, 0.29) is 11.4 Å². The van der Waals surface area contributed by atoms with Crippen molar-refractivity contribution >= 4 is 15.8 Å². The van der Waals surface area contributed by atoms with Crippen molar-refractivity contribution in [3.8, 4) is 17.1 Å². The molecule has 0 radical (unpaired) electrons. The number of sulfonamides is 1. The molecule has 4 aromatic rings. The summed E-state index contributed by atoms with van der Waals surface area (Å²) in [4.78, 5) is 17.4. The standard InChI is InChI=1S/C21H23N7O3S/c1-14-25-20(12-21(26-14)28-11-10-22-15(28)2)23-8-9-24-32(29,30)18-6-4-17(5-7-18)19-13-31-16(3)27-19/h4-7,10-13,24H,8-9H2,1-3H3,(H,23,25,26). The number of rotatable bonds is 8. The van der Waals surface area contributed by atoms with Crippen LogP contribution in [0.15, 0.2) is 58.3 Å². The maximum absolute atomic E-state index is 12.6. The smallest absolute Gasteiger partial charge is 0.240 e. The molecule has 0 aliphatic carbocycles. The van der Waals surface area contributed by atoms with E-state index in [1.54, 1.807) is 50.4 Å². The van der Waals surface area contributed by atoms with Crippen molar-refractivity contribution in [2.75, 3.05) is 18.4 Å². The molecule has 0 bridgehead atoms. The molecule has 2 N–H and O–H groups in total. The SMILES string of the molecule is Cc1nc(NCCNS(=O)(=O)c2ccc(-c3coc(C)n3)cc2)cc(-n2ccnc2C)n1. The first-order valence-corrected chi connectivity index (χ1v) is 11.4. The molecular formula is C21H23N7O3S. The summed E-state index contributed by atoms with van der Waals surface area (Å²) in [5, 5.41) is 3.13. The first-order valence-electron chi connectivity index (χ1n) is 9.94. The molecule has 3 heterocycles. The molecule has 166 valence electrons. The Kier molecular flexibility index (Phi) is 6.01. The van der Waals surface area contributed by atoms with Crippen molar-refractivity contribution in [2.45, 2.75) is 25.7 Å². The summed E-state index contributed by atoms with van der Waals surface area (Å²) in [6, 6.07) is 8.28. The molecular weight excluding hydrogens is 430 g/mol. The van der Waals surface area contributed by atoms with Gasteiger partial charge in [0.05, 0.1) is 4.90 Å². The van der Waals surface area contributed by atoms with Crippen LogP contribution in [0.2, 0.25) is 0 Å². The molecule has 0 atom stereocenters. The number of imidazole rings is 1. The van der Waals surface area contributed by atoms with E-state index in [4.69, 9.17) is 4.42 Å². The van der Waals surface area contributed by atoms with Gasteiger partial charge in [-0.2, -0.15) is 0 Å². The third kappa shape index (κ3) is 4.84. The summed E-state index contributed by atoms with van der Waals surface area (Å²) in [5.74, 6) is 3.26. The number of benzene rings is 1. The van der Waals surface area contributed by atoms with Crippen molar-refractivity contribution in [2.24, 2.45) is 0 Å². The Morgan fingerprint density at radius 2 is 1.81 bits per heavy atom. The predicted octanol–water partition coefficient (Wildman–Crippen LogP) is 2.63. The van der Waals surface area contributed by atoms with E-state index in [2.05, 4.69) is 30.0 Å². The van der Waals surface area contributed by atoms with E-state index in [1.165, 1.54) is 6.26 Å². The van der Waals surface area contributed by atoms with Gasteiger partial charge >= 0.3 is 0 Å². The molecule has 0 spiro atoms. The van der Waals surface area contributed by atoms with Crippen LogP contribution in [0, 0.1) is 20.8 Å². The first kappa shape index (κ1) is 21.7. The van der Waals surface area contributed by atoms with Crippen LogP contribution in [-0.4, -0.2) is 46.0 Å². The number of oxazole rings is 1. The molecule has 3 aromatic heterocycles. The number of nitrogens with zero attached hydrogens (tertiary/aromatic N) is 5. The van der Waals surface area contributed by atoms with Gasteiger partial charge in [0.25, 0.3) is 0 Å². The molecule has 0 aliphatic rings. The van der Waals surface area contributed by atoms with Crippen LogP contribution < -0.4 is 10.0 Å². The minimum atomic E-state index is -3.64. The van der Waals surface area contributed by atoms with E-state index < -0.39 is 10.0 Å².